The van der Waals surface area contributed by atoms with E-state index in [1.54, 1.807) is 40.2 Å². The smallest absolute Gasteiger partial charge is 0.321 e. The molecule has 0 atom stereocenters. The van der Waals surface area contributed by atoms with Gasteiger partial charge in [-0.3, -0.25) is 0 Å². The van der Waals surface area contributed by atoms with Gasteiger partial charge in [0, 0.05) is 44.4 Å². The lowest BCUT2D eigenvalue weighted by atomic mass is 10.1. The lowest BCUT2D eigenvalue weighted by Gasteiger charge is -2.31. The zero-order chi connectivity index (χ0) is 19.3. The number of halogens is 1. The van der Waals surface area contributed by atoms with Gasteiger partial charge in [0.25, 0.3) is 0 Å². The minimum atomic E-state index is -0.157. The quantitative estimate of drug-likeness (QED) is 0.728. The molecule has 0 unspecified atom stereocenters. The summed E-state index contributed by atoms with van der Waals surface area (Å²) in [5.41, 5.74) is 0.611. The third kappa shape index (κ3) is 4.23. The number of benzene rings is 1. The van der Waals surface area contributed by atoms with E-state index in [2.05, 4.69) is 20.6 Å². The Balaban J connectivity index is 1.28. The average Bonchev–Trinajstić information content (AvgIpc) is 3.26. The number of nitrogens with zero attached hydrogens (tertiary/aromatic N) is 5. The Labute approximate surface area is 167 Å². The van der Waals surface area contributed by atoms with Crippen LogP contribution >= 0.6 is 11.6 Å². The highest BCUT2D eigenvalue weighted by Crippen LogP contribution is 2.22. The van der Waals surface area contributed by atoms with Gasteiger partial charge in [-0.05, 0) is 24.3 Å². The standard InChI is InChI=1S/C19H19ClN6O2/c20-15-4-1-2-5-16(15)22-19(27)25-12-8-14(9-13-25)28-18-7-6-17(23-24-18)26-11-3-10-21-26/h1-7,10-11,14H,8-9,12-13H2,(H,22,27). The number of para-hydroxylation sites is 1. The molecule has 9 heteroatoms. The number of anilines is 1. The maximum absolute atomic E-state index is 12.4. The molecule has 3 heterocycles. The van der Waals surface area contributed by atoms with E-state index in [0.29, 0.717) is 35.5 Å². The van der Waals surface area contributed by atoms with E-state index < -0.39 is 0 Å². The predicted octanol–water partition coefficient (Wildman–Crippen LogP) is 3.39. The summed E-state index contributed by atoms with van der Waals surface area (Å²) in [7, 11) is 0. The van der Waals surface area contributed by atoms with Crippen LogP contribution in [-0.2, 0) is 0 Å². The van der Waals surface area contributed by atoms with Crippen LogP contribution in [0.1, 0.15) is 12.8 Å². The zero-order valence-corrected chi connectivity index (χ0v) is 15.8. The zero-order valence-electron chi connectivity index (χ0n) is 15.0. The van der Waals surface area contributed by atoms with Gasteiger partial charge in [0.1, 0.15) is 6.10 Å². The Morgan fingerprint density at radius 3 is 2.61 bits per heavy atom. The first-order valence-corrected chi connectivity index (χ1v) is 9.38. The molecule has 2 amide bonds. The second-order valence-corrected chi connectivity index (χ2v) is 6.80. The number of amides is 2. The Morgan fingerprint density at radius 2 is 1.93 bits per heavy atom. The van der Waals surface area contributed by atoms with Crippen molar-refractivity contribution < 1.29 is 9.53 Å². The number of carbonyl (C=O) groups excluding carboxylic acids is 1. The second kappa shape index (κ2) is 8.26. The molecule has 1 saturated heterocycles. The van der Waals surface area contributed by atoms with Crippen molar-refractivity contribution in [2.75, 3.05) is 18.4 Å². The first kappa shape index (κ1) is 18.2. The molecule has 28 heavy (non-hydrogen) atoms. The van der Waals surface area contributed by atoms with Gasteiger partial charge in [-0.2, -0.15) is 5.10 Å². The monoisotopic (exact) mass is 398 g/mol. The SMILES string of the molecule is O=C(Nc1ccccc1Cl)N1CCC(Oc2ccc(-n3cccn3)nn2)CC1. The molecule has 4 rings (SSSR count). The number of aromatic nitrogens is 4. The summed E-state index contributed by atoms with van der Waals surface area (Å²) < 4.78 is 7.54. The van der Waals surface area contributed by atoms with Crippen molar-refractivity contribution in [3.63, 3.8) is 0 Å². The Hall–Kier alpha value is -3.13. The van der Waals surface area contributed by atoms with Crippen LogP contribution in [0.15, 0.2) is 54.9 Å². The summed E-state index contributed by atoms with van der Waals surface area (Å²) >= 11 is 6.09. The highest BCUT2D eigenvalue weighted by atomic mass is 35.5. The van der Waals surface area contributed by atoms with Crippen molar-refractivity contribution in [3.8, 4) is 11.7 Å². The number of nitrogens with one attached hydrogen (secondary N) is 1. The first-order valence-electron chi connectivity index (χ1n) is 9.00. The molecule has 1 aliphatic rings. The maximum atomic E-state index is 12.4. The summed E-state index contributed by atoms with van der Waals surface area (Å²) in [5.74, 6) is 1.10. The van der Waals surface area contributed by atoms with Crippen LogP contribution in [0.5, 0.6) is 5.88 Å². The lowest BCUT2D eigenvalue weighted by Crippen LogP contribution is -2.43. The average molecular weight is 399 g/mol. The summed E-state index contributed by atoms with van der Waals surface area (Å²) in [6.07, 6.45) is 4.92. The number of piperidine rings is 1. The molecule has 2 aromatic heterocycles. The Morgan fingerprint density at radius 1 is 1.11 bits per heavy atom. The molecule has 0 spiro atoms. The molecule has 1 fully saturated rings. The number of likely N-dealkylation sites (tertiary alicyclic amines) is 1. The number of carbonyl (C=O) groups is 1. The van der Waals surface area contributed by atoms with Crippen molar-refractivity contribution in [2.45, 2.75) is 18.9 Å². The minimum absolute atomic E-state index is 0.00536. The summed E-state index contributed by atoms with van der Waals surface area (Å²) in [4.78, 5) is 14.2. The van der Waals surface area contributed by atoms with E-state index in [0.717, 1.165) is 12.8 Å². The Bertz CT molecular complexity index is 924. The van der Waals surface area contributed by atoms with Crippen LogP contribution in [0.25, 0.3) is 5.82 Å². The van der Waals surface area contributed by atoms with Gasteiger partial charge in [0.2, 0.25) is 5.88 Å². The summed E-state index contributed by atoms with van der Waals surface area (Å²) in [5, 5.41) is 15.7. The lowest BCUT2D eigenvalue weighted by molar-refractivity contribution is 0.110. The molecular weight excluding hydrogens is 380 g/mol. The molecule has 8 nitrogen and oxygen atoms in total. The number of hydrogen-bond acceptors (Lipinski definition) is 5. The Kier molecular flexibility index (Phi) is 5.38. The van der Waals surface area contributed by atoms with Crippen molar-refractivity contribution in [1.29, 1.82) is 0 Å². The van der Waals surface area contributed by atoms with Crippen molar-refractivity contribution in [2.24, 2.45) is 0 Å². The number of ether oxygens (including phenoxy) is 1. The van der Waals surface area contributed by atoms with Gasteiger partial charge in [0.15, 0.2) is 5.82 Å². The van der Waals surface area contributed by atoms with E-state index in [-0.39, 0.29) is 12.1 Å². The van der Waals surface area contributed by atoms with Crippen LogP contribution in [0, 0.1) is 0 Å². The minimum Gasteiger partial charge on any atom is -0.473 e. The van der Waals surface area contributed by atoms with E-state index in [4.69, 9.17) is 16.3 Å². The van der Waals surface area contributed by atoms with Crippen LogP contribution < -0.4 is 10.1 Å². The molecule has 1 aliphatic heterocycles. The van der Waals surface area contributed by atoms with Crippen molar-refractivity contribution in [3.05, 3.63) is 59.9 Å². The van der Waals surface area contributed by atoms with Gasteiger partial charge in [0.05, 0.1) is 10.7 Å². The molecule has 0 aliphatic carbocycles. The molecule has 0 saturated carbocycles. The third-order valence-corrected chi connectivity index (χ3v) is 4.83. The second-order valence-electron chi connectivity index (χ2n) is 6.39. The first-order chi connectivity index (χ1) is 13.7. The van der Waals surface area contributed by atoms with Crippen LogP contribution in [0.4, 0.5) is 10.5 Å². The van der Waals surface area contributed by atoms with Gasteiger partial charge in [-0.15, -0.1) is 10.2 Å². The fourth-order valence-corrected chi connectivity index (χ4v) is 3.19. The molecule has 3 aromatic rings. The number of urea groups is 1. The topological polar surface area (TPSA) is 85.2 Å². The van der Waals surface area contributed by atoms with E-state index >= 15 is 0 Å². The molecule has 144 valence electrons. The van der Waals surface area contributed by atoms with E-state index in [1.807, 2.05) is 24.3 Å². The van der Waals surface area contributed by atoms with Crippen LogP contribution in [-0.4, -0.2) is 50.1 Å². The van der Waals surface area contributed by atoms with Crippen molar-refractivity contribution in [1.82, 2.24) is 24.9 Å². The summed E-state index contributed by atoms with van der Waals surface area (Å²) in [6.45, 7) is 1.19. The van der Waals surface area contributed by atoms with Crippen molar-refractivity contribution >= 4 is 23.3 Å². The number of hydrogen-bond donors (Lipinski definition) is 1. The third-order valence-electron chi connectivity index (χ3n) is 4.50. The molecule has 1 aromatic carbocycles. The van der Waals surface area contributed by atoms with Gasteiger partial charge in [-0.25, -0.2) is 9.48 Å². The molecule has 0 bridgehead atoms. The van der Waals surface area contributed by atoms with E-state index in [1.165, 1.54) is 0 Å². The van der Waals surface area contributed by atoms with Gasteiger partial charge in [-0.1, -0.05) is 23.7 Å². The predicted molar refractivity (Wildman–Crippen MR) is 105 cm³/mol. The highest BCUT2D eigenvalue weighted by molar-refractivity contribution is 6.33. The molecule has 1 N–H and O–H groups in total. The van der Waals surface area contributed by atoms with Crippen LogP contribution in [0.3, 0.4) is 0 Å². The highest BCUT2D eigenvalue weighted by Gasteiger charge is 2.24. The fourth-order valence-electron chi connectivity index (χ4n) is 3.01. The fraction of sp³-hybridized carbons (Fsp3) is 0.263. The number of rotatable bonds is 4. The van der Waals surface area contributed by atoms with E-state index in [9.17, 15) is 4.79 Å². The molecular formula is C19H19ClN6O2. The molecule has 0 radical (unpaired) electrons. The normalized spacial score (nSPS) is 14.7. The maximum Gasteiger partial charge on any atom is 0.321 e. The van der Waals surface area contributed by atoms with Gasteiger partial charge < -0.3 is 15.0 Å². The van der Waals surface area contributed by atoms with Gasteiger partial charge >= 0.3 is 6.03 Å². The largest absolute Gasteiger partial charge is 0.473 e. The van der Waals surface area contributed by atoms with Crippen LogP contribution in [0.2, 0.25) is 5.02 Å². The summed E-state index contributed by atoms with van der Waals surface area (Å²) in [6, 6.07) is 12.4.